The molecule has 0 spiro atoms. The van der Waals surface area contributed by atoms with E-state index in [4.69, 9.17) is 20.5 Å². The highest BCUT2D eigenvalue weighted by Crippen LogP contribution is 2.32. The summed E-state index contributed by atoms with van der Waals surface area (Å²) in [6.07, 6.45) is 11.1. The molecule has 2 fully saturated rings. The SMILES string of the molecule is CCCCC(=O)CN1CCC(N(N)c2nc(Nc3ccc(OC)c(F)c3)nc(C3CCCCCC3)n2)CC1. The van der Waals surface area contributed by atoms with Gasteiger partial charge in [-0.1, -0.05) is 39.0 Å². The van der Waals surface area contributed by atoms with Gasteiger partial charge in [-0.15, -0.1) is 0 Å². The van der Waals surface area contributed by atoms with Crippen LogP contribution in [0.5, 0.6) is 5.75 Å². The van der Waals surface area contributed by atoms with Crippen molar-refractivity contribution < 1.29 is 13.9 Å². The van der Waals surface area contributed by atoms with Gasteiger partial charge in [0.15, 0.2) is 11.6 Å². The number of carbonyl (C=O) groups excluding carboxylic acids is 1. The number of hydrazine groups is 1. The van der Waals surface area contributed by atoms with E-state index in [9.17, 15) is 9.18 Å². The van der Waals surface area contributed by atoms with E-state index in [0.717, 1.165) is 70.3 Å². The predicted octanol–water partition coefficient (Wildman–Crippen LogP) is 5.10. The summed E-state index contributed by atoms with van der Waals surface area (Å²) in [6.45, 7) is 4.24. The van der Waals surface area contributed by atoms with Crippen LogP contribution in [0, 0.1) is 5.82 Å². The minimum Gasteiger partial charge on any atom is -0.494 e. The third-order valence-corrected chi connectivity index (χ3v) is 7.66. The lowest BCUT2D eigenvalue weighted by molar-refractivity contribution is -0.120. The van der Waals surface area contributed by atoms with Crippen molar-refractivity contribution in [3.05, 3.63) is 29.8 Å². The summed E-state index contributed by atoms with van der Waals surface area (Å²) in [5.41, 5.74) is 0.525. The lowest BCUT2D eigenvalue weighted by Crippen LogP contribution is -2.50. The second-order valence-electron chi connectivity index (χ2n) is 10.5. The maximum absolute atomic E-state index is 14.3. The van der Waals surface area contributed by atoms with Gasteiger partial charge in [-0.05, 0) is 44.2 Å². The average molecular weight is 528 g/mol. The first-order valence-electron chi connectivity index (χ1n) is 14.1. The predicted molar refractivity (Wildman–Crippen MR) is 147 cm³/mol. The molecule has 0 radical (unpaired) electrons. The van der Waals surface area contributed by atoms with Crippen LogP contribution in [-0.4, -0.2) is 58.4 Å². The number of nitrogens with zero attached hydrogens (tertiary/aromatic N) is 5. The van der Waals surface area contributed by atoms with Crippen molar-refractivity contribution >= 4 is 23.4 Å². The van der Waals surface area contributed by atoms with Crippen LogP contribution in [0.15, 0.2) is 18.2 Å². The number of Topliss-reactive ketones (excluding diaryl/α,β-unsaturated/α-hetero) is 1. The molecule has 10 heteroatoms. The number of nitrogens with one attached hydrogen (secondary N) is 1. The maximum atomic E-state index is 14.3. The molecule has 0 unspecified atom stereocenters. The second-order valence-corrected chi connectivity index (χ2v) is 10.5. The number of piperidine rings is 1. The summed E-state index contributed by atoms with van der Waals surface area (Å²) < 4.78 is 19.4. The van der Waals surface area contributed by atoms with Crippen LogP contribution >= 0.6 is 0 Å². The molecule has 1 saturated carbocycles. The third kappa shape index (κ3) is 7.60. The Balaban J connectivity index is 1.50. The Morgan fingerprint density at radius 1 is 1.13 bits per heavy atom. The molecule has 1 aromatic carbocycles. The number of hydrogen-bond donors (Lipinski definition) is 2. The number of likely N-dealkylation sites (tertiary alicyclic amines) is 1. The number of methoxy groups -OCH3 is 1. The van der Waals surface area contributed by atoms with Crippen LogP contribution in [0.4, 0.5) is 22.0 Å². The molecule has 1 aromatic heterocycles. The minimum atomic E-state index is -0.462. The number of ketones is 1. The van der Waals surface area contributed by atoms with E-state index in [2.05, 4.69) is 22.1 Å². The number of unbranched alkanes of at least 4 members (excludes halogenated alkanes) is 1. The Morgan fingerprint density at radius 2 is 1.87 bits per heavy atom. The molecule has 0 bridgehead atoms. The smallest absolute Gasteiger partial charge is 0.245 e. The van der Waals surface area contributed by atoms with E-state index in [1.165, 1.54) is 26.0 Å². The Labute approximate surface area is 225 Å². The standard InChI is InChI=1S/C28H42FN7O2/c1-3-4-11-23(37)19-35-16-14-22(15-17-35)36(30)28-33-26(20-9-7-5-6-8-10-20)32-27(34-28)31-21-12-13-25(38-2)24(29)18-21/h12-13,18,20,22H,3-11,14-17,19,30H2,1-2H3,(H,31,32,33,34). The topological polar surface area (TPSA) is 110 Å². The van der Waals surface area contributed by atoms with Gasteiger partial charge in [0.1, 0.15) is 11.6 Å². The normalized spacial score (nSPS) is 17.7. The van der Waals surface area contributed by atoms with Crippen LogP contribution in [0.2, 0.25) is 0 Å². The third-order valence-electron chi connectivity index (χ3n) is 7.66. The molecule has 208 valence electrons. The van der Waals surface area contributed by atoms with Gasteiger partial charge in [0.05, 0.1) is 19.7 Å². The highest BCUT2D eigenvalue weighted by molar-refractivity contribution is 5.80. The average Bonchev–Trinajstić information content (AvgIpc) is 3.22. The fourth-order valence-corrected chi connectivity index (χ4v) is 5.37. The minimum absolute atomic E-state index is 0.0626. The number of nitrogens with two attached hydrogens (primary N) is 1. The highest BCUT2D eigenvalue weighted by atomic mass is 19.1. The van der Waals surface area contributed by atoms with Crippen molar-refractivity contribution in [2.75, 3.05) is 37.1 Å². The van der Waals surface area contributed by atoms with E-state index in [-0.39, 0.29) is 17.7 Å². The Morgan fingerprint density at radius 3 is 2.53 bits per heavy atom. The first-order chi connectivity index (χ1) is 18.5. The molecule has 1 aliphatic carbocycles. The van der Waals surface area contributed by atoms with Crippen molar-refractivity contribution in [2.45, 2.75) is 89.5 Å². The van der Waals surface area contributed by atoms with Gasteiger partial charge >= 0.3 is 0 Å². The maximum Gasteiger partial charge on any atom is 0.245 e. The number of aromatic nitrogens is 3. The Hall–Kier alpha value is -2.85. The lowest BCUT2D eigenvalue weighted by Gasteiger charge is -2.36. The summed E-state index contributed by atoms with van der Waals surface area (Å²) in [7, 11) is 1.44. The molecule has 2 heterocycles. The first-order valence-corrected chi connectivity index (χ1v) is 14.1. The van der Waals surface area contributed by atoms with Crippen molar-refractivity contribution in [3.8, 4) is 5.75 Å². The molecule has 9 nitrogen and oxygen atoms in total. The monoisotopic (exact) mass is 527 g/mol. The Bertz CT molecular complexity index is 1050. The van der Waals surface area contributed by atoms with Crippen LogP contribution < -0.4 is 20.9 Å². The lowest BCUT2D eigenvalue weighted by atomic mass is 9.99. The molecule has 4 rings (SSSR count). The molecule has 38 heavy (non-hydrogen) atoms. The quantitative estimate of drug-likeness (QED) is 0.234. The van der Waals surface area contributed by atoms with Crippen molar-refractivity contribution in [1.82, 2.24) is 19.9 Å². The zero-order chi connectivity index (χ0) is 26.9. The molecule has 1 saturated heterocycles. The van der Waals surface area contributed by atoms with E-state index >= 15 is 0 Å². The zero-order valence-corrected chi connectivity index (χ0v) is 22.8. The number of carbonyl (C=O) groups is 1. The summed E-state index contributed by atoms with van der Waals surface area (Å²) in [5.74, 6) is 8.42. The number of ether oxygens (including phenoxy) is 1. The fraction of sp³-hybridized carbons (Fsp3) is 0.643. The highest BCUT2D eigenvalue weighted by Gasteiger charge is 2.27. The zero-order valence-electron chi connectivity index (χ0n) is 22.8. The van der Waals surface area contributed by atoms with E-state index in [1.807, 2.05) is 0 Å². The molecule has 2 aromatic rings. The summed E-state index contributed by atoms with van der Waals surface area (Å²) in [5, 5.41) is 4.81. The number of halogens is 1. The summed E-state index contributed by atoms with van der Waals surface area (Å²) >= 11 is 0. The van der Waals surface area contributed by atoms with Gasteiger partial charge in [-0.2, -0.15) is 15.0 Å². The van der Waals surface area contributed by atoms with Crippen molar-refractivity contribution in [1.29, 1.82) is 0 Å². The summed E-state index contributed by atoms with van der Waals surface area (Å²) in [4.78, 5) is 28.7. The van der Waals surface area contributed by atoms with Gasteiger partial charge in [0.2, 0.25) is 11.9 Å². The van der Waals surface area contributed by atoms with Gasteiger partial charge in [0.25, 0.3) is 0 Å². The van der Waals surface area contributed by atoms with E-state index in [1.54, 1.807) is 17.1 Å². The number of rotatable bonds is 11. The van der Waals surface area contributed by atoms with Gasteiger partial charge in [-0.25, -0.2) is 10.2 Å². The fourth-order valence-electron chi connectivity index (χ4n) is 5.37. The van der Waals surface area contributed by atoms with Crippen molar-refractivity contribution in [2.24, 2.45) is 5.84 Å². The second kappa shape index (κ2) is 13.8. The molecular formula is C28H42FN7O2. The molecular weight excluding hydrogens is 485 g/mol. The van der Waals surface area contributed by atoms with Crippen LogP contribution in [-0.2, 0) is 4.79 Å². The largest absolute Gasteiger partial charge is 0.494 e. The molecule has 2 aliphatic rings. The number of benzene rings is 1. The van der Waals surface area contributed by atoms with Crippen molar-refractivity contribution in [3.63, 3.8) is 0 Å². The number of anilines is 3. The van der Waals surface area contributed by atoms with Gasteiger partial charge < -0.3 is 10.1 Å². The van der Waals surface area contributed by atoms with Gasteiger partial charge in [0, 0.05) is 37.2 Å². The van der Waals surface area contributed by atoms with Crippen LogP contribution in [0.25, 0.3) is 0 Å². The van der Waals surface area contributed by atoms with Crippen LogP contribution in [0.1, 0.15) is 89.3 Å². The number of hydrogen-bond acceptors (Lipinski definition) is 9. The molecule has 1 aliphatic heterocycles. The van der Waals surface area contributed by atoms with Crippen LogP contribution in [0.3, 0.4) is 0 Å². The Kier molecular flexibility index (Phi) is 10.2. The summed E-state index contributed by atoms with van der Waals surface area (Å²) in [6, 6.07) is 4.73. The van der Waals surface area contributed by atoms with E-state index < -0.39 is 5.82 Å². The van der Waals surface area contributed by atoms with Gasteiger partial charge in [-0.3, -0.25) is 14.7 Å². The van der Waals surface area contributed by atoms with E-state index in [0.29, 0.717) is 36.3 Å². The molecule has 3 N–H and O–H groups in total. The molecule has 0 atom stereocenters. The molecule has 0 amide bonds. The first kappa shape index (κ1) is 28.2.